The van der Waals surface area contributed by atoms with E-state index in [1.165, 1.54) is 4.90 Å². The minimum absolute atomic E-state index is 0.0932. The van der Waals surface area contributed by atoms with Crippen molar-refractivity contribution < 1.29 is 24.2 Å². The molecule has 6 heteroatoms. The lowest BCUT2D eigenvalue weighted by atomic mass is 9.94. The fourth-order valence-corrected chi connectivity index (χ4v) is 3.87. The summed E-state index contributed by atoms with van der Waals surface area (Å²) in [7, 11) is 1.58. The Hall–Kier alpha value is -3.28. The Balaban J connectivity index is 2.14. The van der Waals surface area contributed by atoms with Crippen molar-refractivity contribution in [2.24, 2.45) is 0 Å². The first-order valence-corrected chi connectivity index (χ1v) is 10.6. The highest BCUT2D eigenvalue weighted by molar-refractivity contribution is 6.46. The number of aryl methyl sites for hydroxylation is 1. The summed E-state index contributed by atoms with van der Waals surface area (Å²) in [6.45, 7) is 6.82. The van der Waals surface area contributed by atoms with E-state index in [1.807, 2.05) is 45.0 Å². The van der Waals surface area contributed by atoms with Crippen LogP contribution in [0.1, 0.15) is 49.4 Å². The fraction of sp³-hybridized carbons (Fsp3) is 0.360. The predicted octanol–water partition coefficient (Wildman–Crippen LogP) is 4.62. The van der Waals surface area contributed by atoms with Crippen LogP contribution >= 0.6 is 0 Å². The van der Waals surface area contributed by atoms with E-state index in [2.05, 4.69) is 0 Å². The smallest absolute Gasteiger partial charge is 0.295 e. The standard InChI is InChI=1S/C25H29NO5/c1-5-12-26-22(17-8-7-9-19(15-17)31-13-6-2)21(24(28)25(26)29)23(27)18-10-11-20(30-4)16(3)14-18/h7-11,14-15,22,27H,5-6,12-13H2,1-4H3/b23-21+. The van der Waals surface area contributed by atoms with Gasteiger partial charge in [0.1, 0.15) is 17.3 Å². The molecule has 0 aromatic heterocycles. The van der Waals surface area contributed by atoms with Gasteiger partial charge in [0.15, 0.2) is 0 Å². The molecule has 0 spiro atoms. The summed E-state index contributed by atoms with van der Waals surface area (Å²) >= 11 is 0. The number of ketones is 1. The molecule has 0 saturated carbocycles. The van der Waals surface area contributed by atoms with E-state index in [0.717, 1.165) is 17.5 Å². The Morgan fingerprint density at radius 1 is 1.10 bits per heavy atom. The lowest BCUT2D eigenvalue weighted by Gasteiger charge is -2.25. The highest BCUT2D eigenvalue weighted by Gasteiger charge is 2.45. The number of carbonyl (C=O) groups is 2. The van der Waals surface area contributed by atoms with Crippen LogP contribution in [0.4, 0.5) is 0 Å². The van der Waals surface area contributed by atoms with Crippen LogP contribution in [0.3, 0.4) is 0 Å². The first-order valence-electron chi connectivity index (χ1n) is 10.6. The SMILES string of the molecule is CCCOc1cccc(C2/C(=C(\O)c3ccc(OC)c(C)c3)C(=O)C(=O)N2CCC)c1. The Labute approximate surface area is 183 Å². The van der Waals surface area contributed by atoms with Gasteiger partial charge in [0, 0.05) is 12.1 Å². The van der Waals surface area contributed by atoms with Crippen molar-refractivity contribution in [1.82, 2.24) is 4.90 Å². The first-order chi connectivity index (χ1) is 14.9. The molecule has 0 aliphatic carbocycles. The van der Waals surface area contributed by atoms with Gasteiger partial charge in [-0.05, 0) is 61.2 Å². The second-order valence-corrected chi connectivity index (χ2v) is 7.60. The monoisotopic (exact) mass is 423 g/mol. The number of methoxy groups -OCH3 is 1. The highest BCUT2D eigenvalue weighted by Crippen LogP contribution is 2.40. The lowest BCUT2D eigenvalue weighted by Crippen LogP contribution is -2.30. The van der Waals surface area contributed by atoms with Crippen molar-refractivity contribution in [3.05, 3.63) is 64.7 Å². The number of carbonyl (C=O) groups excluding carboxylic acids is 2. The summed E-state index contributed by atoms with van der Waals surface area (Å²) in [5.74, 6) is -0.113. The Bertz CT molecular complexity index is 1010. The topological polar surface area (TPSA) is 76.1 Å². The van der Waals surface area contributed by atoms with Crippen LogP contribution in [0.2, 0.25) is 0 Å². The second kappa shape index (κ2) is 9.69. The lowest BCUT2D eigenvalue weighted by molar-refractivity contribution is -0.139. The minimum atomic E-state index is -0.677. The van der Waals surface area contributed by atoms with Gasteiger partial charge in [-0.1, -0.05) is 26.0 Å². The summed E-state index contributed by atoms with van der Waals surface area (Å²) < 4.78 is 11.0. The molecule has 0 bridgehead atoms. The van der Waals surface area contributed by atoms with Gasteiger partial charge < -0.3 is 19.5 Å². The zero-order valence-corrected chi connectivity index (χ0v) is 18.5. The van der Waals surface area contributed by atoms with Crippen molar-refractivity contribution >= 4 is 17.4 Å². The molecule has 1 unspecified atom stereocenters. The van der Waals surface area contributed by atoms with Crippen LogP contribution in [0, 0.1) is 6.92 Å². The average Bonchev–Trinajstić information content (AvgIpc) is 3.02. The summed E-state index contributed by atoms with van der Waals surface area (Å²) in [5.41, 5.74) is 2.11. The number of ether oxygens (including phenoxy) is 2. The second-order valence-electron chi connectivity index (χ2n) is 7.60. The summed E-state index contributed by atoms with van der Waals surface area (Å²) in [4.78, 5) is 27.3. The normalized spacial score (nSPS) is 17.8. The van der Waals surface area contributed by atoms with Gasteiger partial charge in [0.25, 0.3) is 11.7 Å². The number of aliphatic hydroxyl groups is 1. The quantitative estimate of drug-likeness (QED) is 0.381. The van der Waals surface area contributed by atoms with E-state index in [0.29, 0.717) is 36.6 Å². The van der Waals surface area contributed by atoms with Crippen LogP contribution in [0.15, 0.2) is 48.0 Å². The number of hydrogen-bond acceptors (Lipinski definition) is 5. The molecular formula is C25H29NO5. The molecule has 1 N–H and O–H groups in total. The first kappa shape index (κ1) is 22.4. The van der Waals surface area contributed by atoms with E-state index in [9.17, 15) is 14.7 Å². The Kier molecular flexibility index (Phi) is 7.00. The van der Waals surface area contributed by atoms with Crippen LogP contribution in [0.25, 0.3) is 5.76 Å². The van der Waals surface area contributed by atoms with E-state index < -0.39 is 17.7 Å². The third kappa shape index (κ3) is 4.43. The van der Waals surface area contributed by atoms with Gasteiger partial charge in [-0.15, -0.1) is 0 Å². The van der Waals surface area contributed by atoms with Gasteiger partial charge in [-0.2, -0.15) is 0 Å². The van der Waals surface area contributed by atoms with E-state index in [1.54, 1.807) is 25.3 Å². The number of hydrogen-bond donors (Lipinski definition) is 1. The van der Waals surface area contributed by atoms with Crippen molar-refractivity contribution in [3.8, 4) is 11.5 Å². The van der Waals surface area contributed by atoms with E-state index >= 15 is 0 Å². The van der Waals surface area contributed by atoms with Crippen molar-refractivity contribution in [1.29, 1.82) is 0 Å². The van der Waals surface area contributed by atoms with Gasteiger partial charge in [-0.25, -0.2) is 0 Å². The fourth-order valence-electron chi connectivity index (χ4n) is 3.87. The van der Waals surface area contributed by atoms with E-state index in [4.69, 9.17) is 9.47 Å². The molecule has 1 aliphatic rings. The van der Waals surface area contributed by atoms with Crippen molar-refractivity contribution in [2.45, 2.75) is 39.7 Å². The number of Topliss-reactive ketones (excluding diaryl/α,β-unsaturated/α-hetero) is 1. The molecule has 31 heavy (non-hydrogen) atoms. The van der Waals surface area contributed by atoms with Gasteiger partial charge in [0.05, 0.1) is 25.3 Å². The van der Waals surface area contributed by atoms with Gasteiger partial charge in [0.2, 0.25) is 0 Å². The molecule has 1 amide bonds. The number of amides is 1. The molecule has 0 radical (unpaired) electrons. The zero-order chi connectivity index (χ0) is 22.5. The molecule has 1 saturated heterocycles. The number of nitrogens with zero attached hydrogens (tertiary/aromatic N) is 1. The molecule has 1 aliphatic heterocycles. The zero-order valence-electron chi connectivity index (χ0n) is 18.5. The molecule has 6 nitrogen and oxygen atoms in total. The molecule has 164 valence electrons. The number of rotatable bonds is 8. The van der Waals surface area contributed by atoms with Gasteiger partial charge >= 0.3 is 0 Å². The maximum atomic E-state index is 13.0. The predicted molar refractivity (Wildman–Crippen MR) is 119 cm³/mol. The van der Waals surface area contributed by atoms with Crippen LogP contribution < -0.4 is 9.47 Å². The summed E-state index contributed by atoms with van der Waals surface area (Å²) in [6, 6.07) is 11.9. The molecule has 1 heterocycles. The Morgan fingerprint density at radius 3 is 2.52 bits per heavy atom. The maximum Gasteiger partial charge on any atom is 0.295 e. The van der Waals surface area contributed by atoms with Crippen LogP contribution in [0.5, 0.6) is 11.5 Å². The number of benzene rings is 2. The summed E-state index contributed by atoms with van der Waals surface area (Å²) in [6.07, 6.45) is 1.56. The maximum absolute atomic E-state index is 13.0. The minimum Gasteiger partial charge on any atom is -0.507 e. The van der Waals surface area contributed by atoms with Crippen molar-refractivity contribution in [2.75, 3.05) is 20.3 Å². The van der Waals surface area contributed by atoms with Crippen LogP contribution in [-0.2, 0) is 9.59 Å². The average molecular weight is 424 g/mol. The highest BCUT2D eigenvalue weighted by atomic mass is 16.5. The largest absolute Gasteiger partial charge is 0.507 e. The third-order valence-electron chi connectivity index (χ3n) is 5.32. The number of aliphatic hydroxyl groups excluding tert-OH is 1. The molecule has 1 atom stereocenters. The Morgan fingerprint density at radius 2 is 1.87 bits per heavy atom. The molecule has 2 aromatic rings. The van der Waals surface area contributed by atoms with Crippen molar-refractivity contribution in [3.63, 3.8) is 0 Å². The molecular weight excluding hydrogens is 394 g/mol. The third-order valence-corrected chi connectivity index (χ3v) is 5.32. The molecule has 3 rings (SSSR count). The van der Waals surface area contributed by atoms with E-state index in [-0.39, 0.29) is 11.3 Å². The van der Waals surface area contributed by atoms with Crippen LogP contribution in [-0.4, -0.2) is 42.0 Å². The van der Waals surface area contributed by atoms with Gasteiger partial charge in [-0.3, -0.25) is 9.59 Å². The molecule has 1 fully saturated rings. The summed E-state index contributed by atoms with van der Waals surface area (Å²) in [5, 5.41) is 11.1. The number of likely N-dealkylation sites (tertiary alicyclic amines) is 1. The molecule has 2 aromatic carbocycles.